The number of para-hydroxylation sites is 1. The molecule has 0 saturated carbocycles. The van der Waals surface area contributed by atoms with Gasteiger partial charge in [0, 0.05) is 13.1 Å². The lowest BCUT2D eigenvalue weighted by Crippen LogP contribution is -2.28. The second kappa shape index (κ2) is 9.82. The monoisotopic (exact) mass is 356 g/mol. The van der Waals surface area contributed by atoms with Crippen molar-refractivity contribution in [1.82, 2.24) is 10.2 Å². The van der Waals surface area contributed by atoms with Crippen molar-refractivity contribution in [1.29, 1.82) is 0 Å². The Labute approximate surface area is 155 Å². The summed E-state index contributed by atoms with van der Waals surface area (Å²) in [4.78, 5) is 14.1. The first-order chi connectivity index (χ1) is 12.5. The molecule has 2 aromatic rings. The highest BCUT2D eigenvalue weighted by Gasteiger charge is 2.07. The zero-order valence-electron chi connectivity index (χ0n) is 16.0. The molecule has 0 heterocycles. The van der Waals surface area contributed by atoms with Crippen molar-refractivity contribution in [2.45, 2.75) is 20.4 Å². The predicted molar refractivity (Wildman–Crippen MR) is 104 cm³/mol. The molecule has 140 valence electrons. The van der Waals surface area contributed by atoms with Crippen LogP contribution in [-0.2, 0) is 11.3 Å². The van der Waals surface area contributed by atoms with Crippen molar-refractivity contribution >= 4 is 5.91 Å². The first kappa shape index (κ1) is 19.8. The van der Waals surface area contributed by atoms with E-state index in [1.165, 1.54) is 0 Å². The topological polar surface area (TPSA) is 50.8 Å². The van der Waals surface area contributed by atoms with Gasteiger partial charge in [-0.15, -0.1) is 0 Å². The fraction of sp³-hybridized carbons (Fsp3) is 0.381. The van der Waals surface area contributed by atoms with E-state index in [-0.39, 0.29) is 12.5 Å². The molecule has 0 atom stereocenters. The third-order valence-corrected chi connectivity index (χ3v) is 3.98. The second-order valence-corrected chi connectivity index (χ2v) is 6.58. The van der Waals surface area contributed by atoms with E-state index in [0.29, 0.717) is 13.2 Å². The lowest BCUT2D eigenvalue weighted by molar-refractivity contribution is -0.123. The highest BCUT2D eigenvalue weighted by atomic mass is 16.5. The van der Waals surface area contributed by atoms with Gasteiger partial charge in [-0.2, -0.15) is 0 Å². The molecule has 0 bridgehead atoms. The summed E-state index contributed by atoms with van der Waals surface area (Å²) in [6, 6.07) is 13.7. The van der Waals surface area contributed by atoms with Gasteiger partial charge < -0.3 is 19.7 Å². The van der Waals surface area contributed by atoms with Gasteiger partial charge in [-0.3, -0.25) is 4.79 Å². The average Bonchev–Trinajstić information content (AvgIpc) is 2.60. The van der Waals surface area contributed by atoms with E-state index in [4.69, 9.17) is 9.47 Å². The van der Waals surface area contributed by atoms with Crippen LogP contribution in [-0.4, -0.2) is 44.7 Å². The molecule has 0 aliphatic heterocycles. The zero-order valence-corrected chi connectivity index (χ0v) is 16.0. The minimum atomic E-state index is -0.140. The predicted octanol–water partition coefficient (Wildman–Crippen LogP) is 2.94. The molecule has 0 spiro atoms. The van der Waals surface area contributed by atoms with Crippen LogP contribution in [0.1, 0.15) is 16.7 Å². The molecule has 0 fully saturated rings. The summed E-state index contributed by atoms with van der Waals surface area (Å²) in [5.41, 5.74) is 3.08. The van der Waals surface area contributed by atoms with Crippen LogP contribution in [0, 0.1) is 13.8 Å². The van der Waals surface area contributed by atoms with Gasteiger partial charge in [0.15, 0.2) is 6.61 Å². The maximum atomic E-state index is 12.0. The standard InChI is InChI=1S/C21H28N2O3/c1-16-6-5-7-17(2)21(16)26-15-20(24)22-14-18-8-10-19(11-9-18)25-13-12-23(3)4/h5-11H,12-15H2,1-4H3,(H,22,24). The molecular weight excluding hydrogens is 328 g/mol. The minimum absolute atomic E-state index is 0.0113. The van der Waals surface area contributed by atoms with Crippen LogP contribution >= 0.6 is 0 Å². The van der Waals surface area contributed by atoms with Crippen molar-refractivity contribution in [3.8, 4) is 11.5 Å². The Morgan fingerprint density at radius 3 is 2.27 bits per heavy atom. The molecule has 1 amide bonds. The number of hydrogen-bond donors (Lipinski definition) is 1. The number of ether oxygens (including phenoxy) is 2. The van der Waals surface area contributed by atoms with Crippen LogP contribution in [0.2, 0.25) is 0 Å². The Balaban J connectivity index is 1.75. The third-order valence-electron chi connectivity index (χ3n) is 3.98. The van der Waals surface area contributed by atoms with Crippen LogP contribution in [0.5, 0.6) is 11.5 Å². The average molecular weight is 356 g/mol. The van der Waals surface area contributed by atoms with Gasteiger partial charge in [-0.1, -0.05) is 30.3 Å². The quantitative estimate of drug-likeness (QED) is 0.751. The second-order valence-electron chi connectivity index (χ2n) is 6.58. The number of aryl methyl sites for hydroxylation is 2. The van der Waals surface area contributed by atoms with Crippen molar-refractivity contribution in [2.75, 3.05) is 33.9 Å². The van der Waals surface area contributed by atoms with Gasteiger partial charge in [0.2, 0.25) is 0 Å². The third kappa shape index (κ3) is 6.41. The smallest absolute Gasteiger partial charge is 0.258 e. The lowest BCUT2D eigenvalue weighted by atomic mass is 10.1. The van der Waals surface area contributed by atoms with E-state index in [1.54, 1.807) is 0 Å². The Morgan fingerprint density at radius 1 is 1.00 bits per heavy atom. The molecule has 0 unspecified atom stereocenters. The van der Waals surface area contributed by atoms with Crippen LogP contribution in [0.15, 0.2) is 42.5 Å². The fourth-order valence-corrected chi connectivity index (χ4v) is 2.47. The summed E-state index contributed by atoms with van der Waals surface area (Å²) in [6.45, 7) is 5.95. The van der Waals surface area contributed by atoms with Crippen molar-refractivity contribution < 1.29 is 14.3 Å². The molecule has 0 radical (unpaired) electrons. The molecule has 1 N–H and O–H groups in total. The van der Waals surface area contributed by atoms with Gasteiger partial charge in [0.25, 0.3) is 5.91 Å². The maximum Gasteiger partial charge on any atom is 0.258 e. The summed E-state index contributed by atoms with van der Waals surface area (Å²) in [6.07, 6.45) is 0. The van der Waals surface area contributed by atoms with Gasteiger partial charge in [-0.05, 0) is 56.8 Å². The number of carbonyl (C=O) groups excluding carboxylic acids is 1. The Morgan fingerprint density at radius 2 is 1.65 bits per heavy atom. The molecule has 2 aromatic carbocycles. The molecular formula is C21H28N2O3. The van der Waals surface area contributed by atoms with E-state index < -0.39 is 0 Å². The summed E-state index contributed by atoms with van der Waals surface area (Å²) in [5.74, 6) is 1.47. The highest BCUT2D eigenvalue weighted by Crippen LogP contribution is 2.22. The number of rotatable bonds is 9. The molecule has 26 heavy (non-hydrogen) atoms. The summed E-state index contributed by atoms with van der Waals surface area (Å²) < 4.78 is 11.3. The number of benzene rings is 2. The van der Waals surface area contributed by atoms with Gasteiger partial charge in [0.1, 0.15) is 18.1 Å². The van der Waals surface area contributed by atoms with Crippen LogP contribution in [0.25, 0.3) is 0 Å². The number of likely N-dealkylation sites (N-methyl/N-ethyl adjacent to an activating group) is 1. The zero-order chi connectivity index (χ0) is 18.9. The van der Waals surface area contributed by atoms with Crippen LogP contribution in [0.3, 0.4) is 0 Å². The Hall–Kier alpha value is -2.53. The summed E-state index contributed by atoms with van der Waals surface area (Å²) in [7, 11) is 4.03. The number of nitrogens with zero attached hydrogens (tertiary/aromatic N) is 1. The van der Waals surface area contributed by atoms with E-state index in [0.717, 1.165) is 34.7 Å². The van der Waals surface area contributed by atoms with E-state index in [2.05, 4.69) is 10.2 Å². The first-order valence-electron chi connectivity index (χ1n) is 8.78. The van der Waals surface area contributed by atoms with Crippen LogP contribution in [0.4, 0.5) is 0 Å². The van der Waals surface area contributed by atoms with Crippen molar-refractivity contribution in [2.24, 2.45) is 0 Å². The maximum absolute atomic E-state index is 12.0. The highest BCUT2D eigenvalue weighted by molar-refractivity contribution is 5.77. The SMILES string of the molecule is Cc1cccc(C)c1OCC(=O)NCc1ccc(OCCN(C)C)cc1. The lowest BCUT2D eigenvalue weighted by Gasteiger charge is -2.12. The van der Waals surface area contributed by atoms with Crippen molar-refractivity contribution in [3.63, 3.8) is 0 Å². The van der Waals surface area contributed by atoms with Crippen LogP contribution < -0.4 is 14.8 Å². The van der Waals surface area contributed by atoms with E-state index in [1.807, 2.05) is 70.4 Å². The number of amides is 1. The molecule has 0 aromatic heterocycles. The molecule has 5 nitrogen and oxygen atoms in total. The molecule has 0 aliphatic rings. The molecule has 2 rings (SSSR count). The molecule has 0 saturated heterocycles. The minimum Gasteiger partial charge on any atom is -0.492 e. The Bertz CT molecular complexity index is 691. The summed E-state index contributed by atoms with van der Waals surface area (Å²) >= 11 is 0. The van der Waals surface area contributed by atoms with E-state index >= 15 is 0 Å². The number of hydrogen-bond acceptors (Lipinski definition) is 4. The van der Waals surface area contributed by atoms with Crippen molar-refractivity contribution in [3.05, 3.63) is 59.2 Å². The molecule has 0 aliphatic carbocycles. The fourth-order valence-electron chi connectivity index (χ4n) is 2.47. The van der Waals surface area contributed by atoms with E-state index in [9.17, 15) is 4.79 Å². The van der Waals surface area contributed by atoms with Gasteiger partial charge in [-0.25, -0.2) is 0 Å². The number of nitrogens with one attached hydrogen (secondary N) is 1. The van der Waals surface area contributed by atoms with Gasteiger partial charge >= 0.3 is 0 Å². The summed E-state index contributed by atoms with van der Waals surface area (Å²) in [5, 5.41) is 2.87. The normalized spacial score (nSPS) is 10.7. The largest absolute Gasteiger partial charge is 0.492 e. The number of carbonyl (C=O) groups is 1. The Kier molecular flexibility index (Phi) is 7.48. The first-order valence-corrected chi connectivity index (χ1v) is 8.78. The molecule has 5 heteroatoms. The van der Waals surface area contributed by atoms with Gasteiger partial charge in [0.05, 0.1) is 0 Å².